The topological polar surface area (TPSA) is 67.4 Å². The number of para-hydroxylation sites is 1. The predicted octanol–water partition coefficient (Wildman–Crippen LogP) is 4.20. The summed E-state index contributed by atoms with van der Waals surface area (Å²) in [7, 11) is 0. The first-order valence-corrected chi connectivity index (χ1v) is 9.44. The van der Waals surface area contributed by atoms with E-state index in [1.165, 1.54) is 0 Å². The normalized spacial score (nSPS) is 11.4. The highest BCUT2D eigenvalue weighted by Crippen LogP contribution is 2.23. The van der Waals surface area contributed by atoms with E-state index in [-0.39, 0.29) is 0 Å². The number of ether oxygens (including phenoxy) is 1. The van der Waals surface area contributed by atoms with Crippen LogP contribution in [0.1, 0.15) is 28.4 Å². The Morgan fingerprint density at radius 1 is 0.759 bits per heavy atom. The Morgan fingerprint density at radius 2 is 1.34 bits per heavy atom. The second-order valence-corrected chi connectivity index (χ2v) is 6.87. The van der Waals surface area contributed by atoms with Crippen molar-refractivity contribution in [2.24, 2.45) is 0 Å². The fraction of sp³-hybridized carbons (Fsp3) is 0.167. The molecular formula is C24H24N2O3. The van der Waals surface area contributed by atoms with Crippen molar-refractivity contribution in [1.82, 2.24) is 10.9 Å². The number of hydrazine groups is 1. The number of benzene rings is 3. The van der Waals surface area contributed by atoms with Crippen molar-refractivity contribution >= 4 is 11.8 Å². The summed E-state index contributed by atoms with van der Waals surface area (Å²) < 4.78 is 5.78. The van der Waals surface area contributed by atoms with Gasteiger partial charge in [0.1, 0.15) is 5.75 Å². The molecule has 29 heavy (non-hydrogen) atoms. The van der Waals surface area contributed by atoms with Gasteiger partial charge in [0.25, 0.3) is 11.8 Å². The first-order chi connectivity index (χ1) is 14.0. The zero-order chi connectivity index (χ0) is 20.8. The molecule has 0 aliphatic carbocycles. The van der Waals surface area contributed by atoms with Crippen molar-refractivity contribution in [3.05, 3.63) is 89.5 Å². The van der Waals surface area contributed by atoms with Gasteiger partial charge in [-0.15, -0.1) is 0 Å². The Morgan fingerprint density at radius 3 is 1.97 bits per heavy atom. The van der Waals surface area contributed by atoms with E-state index in [4.69, 9.17) is 4.74 Å². The van der Waals surface area contributed by atoms with Crippen LogP contribution in [-0.2, 0) is 4.79 Å². The van der Waals surface area contributed by atoms with Crippen LogP contribution >= 0.6 is 0 Å². The van der Waals surface area contributed by atoms with E-state index in [0.717, 1.165) is 22.3 Å². The number of hydrogen-bond donors (Lipinski definition) is 2. The first kappa shape index (κ1) is 20.1. The molecule has 148 valence electrons. The van der Waals surface area contributed by atoms with Crippen molar-refractivity contribution < 1.29 is 14.3 Å². The monoisotopic (exact) mass is 388 g/mol. The molecule has 0 unspecified atom stereocenters. The number of rotatable bonds is 5. The maximum atomic E-state index is 12.3. The van der Waals surface area contributed by atoms with E-state index in [9.17, 15) is 9.59 Å². The highest BCUT2D eigenvalue weighted by molar-refractivity contribution is 5.96. The van der Waals surface area contributed by atoms with E-state index >= 15 is 0 Å². The zero-order valence-corrected chi connectivity index (χ0v) is 16.7. The molecule has 0 spiro atoms. The number of carbonyl (C=O) groups excluding carboxylic acids is 2. The number of nitrogens with one attached hydrogen (secondary N) is 2. The predicted molar refractivity (Wildman–Crippen MR) is 113 cm³/mol. The zero-order valence-electron chi connectivity index (χ0n) is 16.7. The van der Waals surface area contributed by atoms with Crippen LogP contribution in [0.15, 0.2) is 72.8 Å². The van der Waals surface area contributed by atoms with Gasteiger partial charge in [-0.1, -0.05) is 60.7 Å². The lowest BCUT2D eigenvalue weighted by molar-refractivity contribution is -0.128. The van der Waals surface area contributed by atoms with Crippen LogP contribution in [0.4, 0.5) is 0 Å². The molecule has 2 amide bonds. The molecule has 0 aromatic heterocycles. The molecule has 0 aliphatic heterocycles. The van der Waals surface area contributed by atoms with Crippen molar-refractivity contribution in [2.75, 3.05) is 0 Å². The average molecular weight is 388 g/mol. The maximum absolute atomic E-state index is 12.3. The van der Waals surface area contributed by atoms with Crippen molar-refractivity contribution in [3.8, 4) is 16.9 Å². The summed E-state index contributed by atoms with van der Waals surface area (Å²) in [5.74, 6) is -0.142. The summed E-state index contributed by atoms with van der Waals surface area (Å²) in [4.78, 5) is 24.6. The highest BCUT2D eigenvalue weighted by atomic mass is 16.5. The largest absolute Gasteiger partial charge is 0.480 e. The van der Waals surface area contributed by atoms with E-state index in [1.54, 1.807) is 19.1 Å². The molecule has 0 saturated heterocycles. The van der Waals surface area contributed by atoms with Gasteiger partial charge in [0.05, 0.1) is 0 Å². The minimum Gasteiger partial charge on any atom is -0.480 e. The quantitative estimate of drug-likeness (QED) is 0.644. The number of hydrogen-bond acceptors (Lipinski definition) is 3. The van der Waals surface area contributed by atoms with Gasteiger partial charge in [-0.25, -0.2) is 0 Å². The van der Waals surface area contributed by atoms with Crippen LogP contribution in [0.5, 0.6) is 5.75 Å². The summed E-state index contributed by atoms with van der Waals surface area (Å²) in [6.07, 6.45) is -0.754. The SMILES string of the molecule is Cc1cccc(C)c1O[C@@H](C)C(=O)NNC(=O)c1ccc(-c2ccccc2)cc1. The molecule has 3 rings (SSSR count). The van der Waals surface area contributed by atoms with Crippen LogP contribution in [0.2, 0.25) is 0 Å². The molecule has 0 radical (unpaired) electrons. The molecule has 1 atom stereocenters. The minimum atomic E-state index is -0.754. The molecule has 0 bridgehead atoms. The van der Waals surface area contributed by atoms with Gasteiger partial charge in [-0.05, 0) is 55.2 Å². The Hall–Kier alpha value is -3.60. The van der Waals surface area contributed by atoms with E-state index < -0.39 is 17.9 Å². The molecule has 5 nitrogen and oxygen atoms in total. The van der Waals surface area contributed by atoms with Crippen LogP contribution in [0, 0.1) is 13.8 Å². The molecule has 0 heterocycles. The van der Waals surface area contributed by atoms with Crippen LogP contribution in [0.3, 0.4) is 0 Å². The summed E-state index contributed by atoms with van der Waals surface area (Å²) in [5.41, 5.74) is 9.30. The average Bonchev–Trinajstić information content (AvgIpc) is 2.75. The van der Waals surface area contributed by atoms with E-state index in [2.05, 4.69) is 10.9 Å². The summed E-state index contributed by atoms with van der Waals surface area (Å²) in [6, 6.07) is 22.9. The van der Waals surface area contributed by atoms with Gasteiger partial charge in [-0.2, -0.15) is 0 Å². The maximum Gasteiger partial charge on any atom is 0.279 e. The van der Waals surface area contributed by atoms with Gasteiger partial charge < -0.3 is 4.74 Å². The van der Waals surface area contributed by atoms with Gasteiger partial charge >= 0.3 is 0 Å². The Labute approximate surface area is 170 Å². The smallest absolute Gasteiger partial charge is 0.279 e. The second kappa shape index (κ2) is 9.06. The highest BCUT2D eigenvalue weighted by Gasteiger charge is 2.17. The van der Waals surface area contributed by atoms with Crippen molar-refractivity contribution in [3.63, 3.8) is 0 Å². The minimum absolute atomic E-state index is 0.391. The first-order valence-electron chi connectivity index (χ1n) is 9.44. The van der Waals surface area contributed by atoms with Crippen LogP contribution < -0.4 is 15.6 Å². The molecule has 0 fully saturated rings. The van der Waals surface area contributed by atoms with Gasteiger partial charge in [-0.3, -0.25) is 20.4 Å². The van der Waals surface area contributed by atoms with Crippen molar-refractivity contribution in [2.45, 2.75) is 26.9 Å². The Balaban J connectivity index is 1.56. The van der Waals surface area contributed by atoms with E-state index in [0.29, 0.717) is 11.3 Å². The molecule has 0 aliphatic rings. The van der Waals surface area contributed by atoms with Crippen LogP contribution in [-0.4, -0.2) is 17.9 Å². The molecule has 0 saturated carbocycles. The fourth-order valence-electron chi connectivity index (χ4n) is 2.95. The Kier molecular flexibility index (Phi) is 6.29. The fourth-order valence-corrected chi connectivity index (χ4v) is 2.95. The molecular weight excluding hydrogens is 364 g/mol. The van der Waals surface area contributed by atoms with E-state index in [1.807, 2.05) is 74.5 Å². The third-order valence-corrected chi connectivity index (χ3v) is 4.63. The molecule has 2 N–H and O–H groups in total. The molecule has 5 heteroatoms. The van der Waals surface area contributed by atoms with Gasteiger partial charge in [0.2, 0.25) is 0 Å². The lowest BCUT2D eigenvalue weighted by Gasteiger charge is -2.18. The number of aryl methyl sites for hydroxylation is 2. The summed E-state index contributed by atoms with van der Waals surface area (Å²) in [5, 5.41) is 0. The molecule has 3 aromatic carbocycles. The lowest BCUT2D eigenvalue weighted by Crippen LogP contribution is -2.47. The number of carbonyl (C=O) groups is 2. The lowest BCUT2D eigenvalue weighted by atomic mass is 10.0. The summed E-state index contributed by atoms with van der Waals surface area (Å²) >= 11 is 0. The van der Waals surface area contributed by atoms with Gasteiger partial charge in [0, 0.05) is 5.56 Å². The molecule has 3 aromatic rings. The third-order valence-electron chi connectivity index (χ3n) is 4.63. The second-order valence-electron chi connectivity index (χ2n) is 6.87. The van der Waals surface area contributed by atoms with Gasteiger partial charge in [0.15, 0.2) is 6.10 Å². The third kappa shape index (κ3) is 5.02. The van der Waals surface area contributed by atoms with Crippen molar-refractivity contribution in [1.29, 1.82) is 0 Å². The van der Waals surface area contributed by atoms with Crippen LogP contribution in [0.25, 0.3) is 11.1 Å². The Bertz CT molecular complexity index is 978. The number of amides is 2. The standard InChI is InChI=1S/C24H24N2O3/c1-16-8-7-9-17(2)22(16)29-18(3)23(27)25-26-24(28)21-14-12-20(13-15-21)19-10-5-4-6-11-19/h4-15,18H,1-3H3,(H,25,27)(H,26,28)/t18-/m0/s1. The summed E-state index contributed by atoms with van der Waals surface area (Å²) in [6.45, 7) is 5.49.